The molecule has 2 rings (SSSR count). The van der Waals surface area contributed by atoms with Crippen molar-refractivity contribution in [2.45, 2.75) is 19.4 Å². The van der Waals surface area contributed by atoms with E-state index in [9.17, 15) is 0 Å². The summed E-state index contributed by atoms with van der Waals surface area (Å²) in [6.07, 6.45) is 4.97. The van der Waals surface area contributed by atoms with E-state index in [1.807, 2.05) is 19.4 Å². The second kappa shape index (κ2) is 5.27. The smallest absolute Gasteiger partial charge is 0.130 e. The van der Waals surface area contributed by atoms with Crippen molar-refractivity contribution in [3.63, 3.8) is 0 Å². The third kappa shape index (κ3) is 2.33. The molecule has 2 aromatic rings. The predicted octanol–water partition coefficient (Wildman–Crippen LogP) is 2.57. The van der Waals surface area contributed by atoms with Gasteiger partial charge in [-0.25, -0.2) is 4.98 Å². The highest BCUT2D eigenvalue weighted by Gasteiger charge is 2.17. The summed E-state index contributed by atoms with van der Waals surface area (Å²) in [7, 11) is 2.04. The molecule has 86 valence electrons. The third-order valence-corrected chi connectivity index (χ3v) is 3.29. The second-order valence-corrected chi connectivity index (χ2v) is 4.62. The van der Waals surface area contributed by atoms with Gasteiger partial charge in [-0.1, -0.05) is 6.92 Å². The first-order valence-corrected chi connectivity index (χ1v) is 6.50. The van der Waals surface area contributed by atoms with Gasteiger partial charge in [0.1, 0.15) is 5.82 Å². The zero-order valence-corrected chi connectivity index (χ0v) is 10.5. The number of thiophene rings is 1. The SMILES string of the molecule is CCCNC(c1ccsc1)c1nccn1C. The molecule has 0 bridgehead atoms. The maximum absolute atomic E-state index is 4.43. The molecule has 1 N–H and O–H groups in total. The number of imidazole rings is 1. The lowest BCUT2D eigenvalue weighted by Gasteiger charge is -2.17. The lowest BCUT2D eigenvalue weighted by atomic mass is 10.1. The van der Waals surface area contributed by atoms with Crippen LogP contribution in [-0.2, 0) is 7.05 Å². The maximum Gasteiger partial charge on any atom is 0.130 e. The van der Waals surface area contributed by atoms with Crippen LogP contribution in [-0.4, -0.2) is 16.1 Å². The van der Waals surface area contributed by atoms with Crippen LogP contribution in [0.3, 0.4) is 0 Å². The lowest BCUT2D eigenvalue weighted by molar-refractivity contribution is 0.557. The molecule has 0 spiro atoms. The van der Waals surface area contributed by atoms with Crippen LogP contribution in [0.5, 0.6) is 0 Å². The number of rotatable bonds is 5. The van der Waals surface area contributed by atoms with Gasteiger partial charge in [0.15, 0.2) is 0 Å². The van der Waals surface area contributed by atoms with Crippen molar-refractivity contribution in [3.05, 3.63) is 40.6 Å². The van der Waals surface area contributed by atoms with Crippen LogP contribution in [0, 0.1) is 0 Å². The molecule has 2 heterocycles. The molecule has 0 aromatic carbocycles. The van der Waals surface area contributed by atoms with Crippen molar-refractivity contribution in [3.8, 4) is 0 Å². The molecule has 0 amide bonds. The Morgan fingerprint density at radius 2 is 2.44 bits per heavy atom. The van der Waals surface area contributed by atoms with Crippen molar-refractivity contribution < 1.29 is 0 Å². The Balaban J connectivity index is 2.25. The van der Waals surface area contributed by atoms with Gasteiger partial charge in [0.25, 0.3) is 0 Å². The first-order valence-electron chi connectivity index (χ1n) is 5.55. The Kier molecular flexibility index (Phi) is 3.74. The molecule has 16 heavy (non-hydrogen) atoms. The van der Waals surface area contributed by atoms with Gasteiger partial charge in [0, 0.05) is 19.4 Å². The number of hydrogen-bond donors (Lipinski definition) is 1. The average molecular weight is 235 g/mol. The molecule has 0 radical (unpaired) electrons. The molecular weight excluding hydrogens is 218 g/mol. The minimum Gasteiger partial charge on any atom is -0.336 e. The maximum atomic E-state index is 4.43. The molecular formula is C12H17N3S. The van der Waals surface area contributed by atoms with Crippen LogP contribution < -0.4 is 5.32 Å². The fourth-order valence-corrected chi connectivity index (χ4v) is 2.43. The van der Waals surface area contributed by atoms with Crippen LogP contribution in [0.2, 0.25) is 0 Å². The van der Waals surface area contributed by atoms with Crippen LogP contribution in [0.15, 0.2) is 29.2 Å². The van der Waals surface area contributed by atoms with Crippen LogP contribution in [0.4, 0.5) is 0 Å². The molecule has 1 atom stereocenters. The van der Waals surface area contributed by atoms with Gasteiger partial charge in [-0.15, -0.1) is 0 Å². The van der Waals surface area contributed by atoms with Crippen LogP contribution in [0.25, 0.3) is 0 Å². The fraction of sp³-hybridized carbons (Fsp3) is 0.417. The van der Waals surface area contributed by atoms with Gasteiger partial charge >= 0.3 is 0 Å². The van der Waals surface area contributed by atoms with E-state index in [-0.39, 0.29) is 6.04 Å². The van der Waals surface area contributed by atoms with Gasteiger partial charge in [0.05, 0.1) is 6.04 Å². The third-order valence-electron chi connectivity index (χ3n) is 2.59. The van der Waals surface area contributed by atoms with Crippen molar-refractivity contribution in [2.24, 2.45) is 7.05 Å². The highest BCUT2D eigenvalue weighted by atomic mass is 32.1. The molecule has 0 aliphatic rings. The Labute approximate surface area is 100 Å². The van der Waals surface area contributed by atoms with Gasteiger partial charge in [-0.3, -0.25) is 0 Å². The Morgan fingerprint density at radius 1 is 1.56 bits per heavy atom. The minimum atomic E-state index is 0.214. The van der Waals surface area contributed by atoms with E-state index in [1.165, 1.54) is 5.56 Å². The molecule has 4 heteroatoms. The van der Waals surface area contributed by atoms with Crippen LogP contribution in [0.1, 0.15) is 30.8 Å². The summed E-state index contributed by atoms with van der Waals surface area (Å²) in [4.78, 5) is 4.43. The Hall–Kier alpha value is -1.13. The van der Waals surface area contributed by atoms with E-state index < -0.39 is 0 Å². The lowest BCUT2D eigenvalue weighted by Crippen LogP contribution is -2.25. The van der Waals surface area contributed by atoms with E-state index in [0.717, 1.165) is 18.8 Å². The monoisotopic (exact) mass is 235 g/mol. The fourth-order valence-electron chi connectivity index (χ4n) is 1.74. The highest BCUT2D eigenvalue weighted by Crippen LogP contribution is 2.22. The molecule has 0 aliphatic carbocycles. The van der Waals surface area contributed by atoms with E-state index in [0.29, 0.717) is 0 Å². The zero-order valence-electron chi connectivity index (χ0n) is 9.68. The summed E-state index contributed by atoms with van der Waals surface area (Å²) < 4.78 is 2.07. The van der Waals surface area contributed by atoms with E-state index in [1.54, 1.807) is 11.3 Å². The van der Waals surface area contributed by atoms with E-state index in [2.05, 4.69) is 38.6 Å². The van der Waals surface area contributed by atoms with E-state index in [4.69, 9.17) is 0 Å². The summed E-state index contributed by atoms with van der Waals surface area (Å²) in [5.41, 5.74) is 1.30. The summed E-state index contributed by atoms with van der Waals surface area (Å²) >= 11 is 1.73. The summed E-state index contributed by atoms with van der Waals surface area (Å²) in [5, 5.41) is 7.83. The predicted molar refractivity (Wildman–Crippen MR) is 67.7 cm³/mol. The Morgan fingerprint density at radius 3 is 3.00 bits per heavy atom. The number of aromatic nitrogens is 2. The van der Waals surface area contributed by atoms with Crippen molar-refractivity contribution in [1.29, 1.82) is 0 Å². The quantitative estimate of drug-likeness (QED) is 0.863. The molecule has 0 saturated carbocycles. The molecule has 0 saturated heterocycles. The number of nitrogens with one attached hydrogen (secondary N) is 1. The van der Waals surface area contributed by atoms with E-state index >= 15 is 0 Å². The first kappa shape index (κ1) is 11.4. The summed E-state index contributed by atoms with van der Waals surface area (Å²) in [6, 6.07) is 2.37. The van der Waals surface area contributed by atoms with Gasteiger partial charge in [0.2, 0.25) is 0 Å². The highest BCUT2D eigenvalue weighted by molar-refractivity contribution is 7.08. The first-order chi connectivity index (χ1) is 7.83. The topological polar surface area (TPSA) is 29.9 Å². The average Bonchev–Trinajstić information content (AvgIpc) is 2.91. The summed E-state index contributed by atoms with van der Waals surface area (Å²) in [6.45, 7) is 3.18. The second-order valence-electron chi connectivity index (χ2n) is 3.84. The zero-order chi connectivity index (χ0) is 11.4. The molecule has 2 aromatic heterocycles. The molecule has 3 nitrogen and oxygen atoms in total. The minimum absolute atomic E-state index is 0.214. The molecule has 0 aliphatic heterocycles. The van der Waals surface area contributed by atoms with Gasteiger partial charge in [-0.05, 0) is 35.4 Å². The standard InChI is InChI=1S/C12H17N3S/c1-3-5-13-11(10-4-8-16-9-10)12-14-6-7-15(12)2/h4,6-9,11,13H,3,5H2,1-2H3. The Bertz CT molecular complexity index is 419. The normalized spacial score (nSPS) is 12.9. The number of aryl methyl sites for hydroxylation is 1. The number of hydrogen-bond acceptors (Lipinski definition) is 3. The molecule has 0 fully saturated rings. The van der Waals surface area contributed by atoms with Crippen molar-refractivity contribution >= 4 is 11.3 Å². The van der Waals surface area contributed by atoms with Gasteiger partial charge < -0.3 is 9.88 Å². The largest absolute Gasteiger partial charge is 0.336 e. The number of nitrogens with zero attached hydrogens (tertiary/aromatic N) is 2. The van der Waals surface area contributed by atoms with Crippen molar-refractivity contribution in [1.82, 2.24) is 14.9 Å². The van der Waals surface area contributed by atoms with Crippen LogP contribution >= 0.6 is 11.3 Å². The molecule has 1 unspecified atom stereocenters. The van der Waals surface area contributed by atoms with Crippen molar-refractivity contribution in [2.75, 3.05) is 6.54 Å². The summed E-state index contributed by atoms with van der Waals surface area (Å²) in [5.74, 6) is 1.08. The van der Waals surface area contributed by atoms with Gasteiger partial charge in [-0.2, -0.15) is 11.3 Å².